The Morgan fingerprint density at radius 3 is 2.75 bits per heavy atom. The molecule has 1 saturated heterocycles. The molecule has 1 aliphatic heterocycles. The normalized spacial score (nSPS) is 24.0. The molecule has 2 aliphatic rings. The topological polar surface area (TPSA) is 76.0 Å². The van der Waals surface area contributed by atoms with Gasteiger partial charge in [0.1, 0.15) is 0 Å². The number of carbonyl (C=O) groups is 2. The highest BCUT2D eigenvalue weighted by Gasteiger charge is 2.32. The Morgan fingerprint density at radius 2 is 2.07 bits per heavy atom. The third kappa shape index (κ3) is 3.96. The van der Waals surface area contributed by atoms with Gasteiger partial charge in [-0.05, 0) is 36.8 Å². The predicted molar refractivity (Wildman–Crippen MR) is 108 cm³/mol. The number of benzene rings is 1. The maximum atomic E-state index is 12.5. The number of rotatable bonds is 4. The number of amides is 2. The molecule has 0 spiro atoms. The number of hydrogen-bond donors (Lipinski definition) is 2. The number of hydrogen-bond acceptors (Lipinski definition) is 3. The van der Waals surface area contributed by atoms with Crippen molar-refractivity contribution in [2.45, 2.75) is 51.9 Å². The highest BCUT2D eigenvalue weighted by atomic mass is 16.2. The van der Waals surface area contributed by atoms with E-state index in [0.29, 0.717) is 23.7 Å². The van der Waals surface area contributed by atoms with Gasteiger partial charge in [-0.15, -0.1) is 5.10 Å². The van der Waals surface area contributed by atoms with Crippen molar-refractivity contribution in [2.24, 2.45) is 11.3 Å². The van der Waals surface area contributed by atoms with Gasteiger partial charge in [-0.25, -0.2) is 4.68 Å². The number of para-hydroxylation sites is 1. The highest BCUT2D eigenvalue weighted by Crippen LogP contribution is 2.44. The molecule has 6 nitrogen and oxygen atoms in total. The van der Waals surface area contributed by atoms with E-state index in [-0.39, 0.29) is 24.2 Å². The van der Waals surface area contributed by atoms with Gasteiger partial charge in [0.05, 0.1) is 11.6 Å². The minimum absolute atomic E-state index is 0.0694. The molecule has 2 fully saturated rings. The van der Waals surface area contributed by atoms with Crippen LogP contribution in [0.2, 0.25) is 0 Å². The molecule has 2 heterocycles. The summed E-state index contributed by atoms with van der Waals surface area (Å²) in [5.41, 5.74) is 2.46. The van der Waals surface area contributed by atoms with Gasteiger partial charge in [0.25, 0.3) is 0 Å². The molecule has 1 saturated carbocycles. The smallest absolute Gasteiger partial charge is 0.230 e. The molecule has 148 valence electrons. The molecule has 2 aromatic rings. The molecule has 1 aromatic carbocycles. The van der Waals surface area contributed by atoms with E-state index in [9.17, 15) is 9.59 Å². The van der Waals surface area contributed by atoms with E-state index in [0.717, 1.165) is 24.2 Å². The fourth-order valence-electron chi connectivity index (χ4n) is 4.49. The van der Waals surface area contributed by atoms with E-state index < -0.39 is 0 Å². The van der Waals surface area contributed by atoms with Gasteiger partial charge in [0, 0.05) is 30.6 Å². The maximum Gasteiger partial charge on any atom is 0.230 e. The predicted octanol–water partition coefficient (Wildman–Crippen LogP) is 3.63. The molecule has 0 radical (unpaired) electrons. The SMILES string of the molecule is CC1(C)CCCC(c2cc(NC(=O)[C@H]3CNC(=O)C3)nn2-c2ccccc2)C1. The molecule has 2 atom stereocenters. The second kappa shape index (κ2) is 7.41. The zero-order valence-corrected chi connectivity index (χ0v) is 16.6. The number of aromatic nitrogens is 2. The largest absolute Gasteiger partial charge is 0.355 e. The summed E-state index contributed by atoms with van der Waals surface area (Å²) in [6.45, 7) is 5.05. The van der Waals surface area contributed by atoms with Crippen LogP contribution < -0.4 is 10.6 Å². The Balaban J connectivity index is 1.62. The lowest BCUT2D eigenvalue weighted by molar-refractivity contribution is -0.123. The van der Waals surface area contributed by atoms with Crippen molar-refractivity contribution in [1.29, 1.82) is 0 Å². The number of anilines is 1. The summed E-state index contributed by atoms with van der Waals surface area (Å²) in [5.74, 6) is 0.432. The van der Waals surface area contributed by atoms with Crippen molar-refractivity contribution in [3.63, 3.8) is 0 Å². The third-order valence-electron chi connectivity index (χ3n) is 5.96. The van der Waals surface area contributed by atoms with Gasteiger partial charge < -0.3 is 10.6 Å². The van der Waals surface area contributed by atoms with Crippen LogP contribution in [0.25, 0.3) is 5.69 Å². The summed E-state index contributed by atoms with van der Waals surface area (Å²) in [7, 11) is 0. The summed E-state index contributed by atoms with van der Waals surface area (Å²) in [6, 6.07) is 12.1. The van der Waals surface area contributed by atoms with E-state index in [4.69, 9.17) is 5.10 Å². The highest BCUT2D eigenvalue weighted by molar-refractivity contribution is 5.96. The average Bonchev–Trinajstić information content (AvgIpc) is 3.28. The lowest BCUT2D eigenvalue weighted by Gasteiger charge is -2.35. The van der Waals surface area contributed by atoms with Gasteiger partial charge in [0.2, 0.25) is 11.8 Å². The van der Waals surface area contributed by atoms with Crippen LogP contribution in [0.1, 0.15) is 57.6 Å². The fourth-order valence-corrected chi connectivity index (χ4v) is 4.49. The summed E-state index contributed by atoms with van der Waals surface area (Å²) in [6.07, 6.45) is 4.94. The lowest BCUT2D eigenvalue weighted by atomic mass is 9.71. The molecule has 4 rings (SSSR count). The zero-order chi connectivity index (χ0) is 19.7. The Kier molecular flexibility index (Phi) is 4.96. The van der Waals surface area contributed by atoms with Gasteiger partial charge in [-0.3, -0.25) is 9.59 Å². The summed E-state index contributed by atoms with van der Waals surface area (Å²) >= 11 is 0. The third-order valence-corrected chi connectivity index (χ3v) is 5.96. The second-order valence-electron chi connectivity index (χ2n) is 8.85. The number of nitrogens with zero attached hydrogens (tertiary/aromatic N) is 2. The van der Waals surface area contributed by atoms with E-state index >= 15 is 0 Å². The maximum absolute atomic E-state index is 12.5. The first-order valence-electron chi connectivity index (χ1n) is 10.1. The quantitative estimate of drug-likeness (QED) is 0.850. The van der Waals surface area contributed by atoms with Crippen molar-refractivity contribution in [3.8, 4) is 5.69 Å². The van der Waals surface area contributed by atoms with Crippen LogP contribution in [0, 0.1) is 11.3 Å². The van der Waals surface area contributed by atoms with E-state index in [1.165, 1.54) is 12.8 Å². The van der Waals surface area contributed by atoms with Crippen LogP contribution >= 0.6 is 0 Å². The first-order valence-corrected chi connectivity index (χ1v) is 10.1. The van der Waals surface area contributed by atoms with Gasteiger partial charge in [-0.1, -0.05) is 38.5 Å². The average molecular weight is 380 g/mol. The summed E-state index contributed by atoms with van der Waals surface area (Å²) in [5, 5.41) is 10.4. The molecular weight excluding hydrogens is 352 g/mol. The molecule has 0 bridgehead atoms. The Morgan fingerprint density at radius 1 is 1.29 bits per heavy atom. The molecule has 2 amide bonds. The minimum Gasteiger partial charge on any atom is -0.355 e. The molecule has 6 heteroatoms. The van der Waals surface area contributed by atoms with Crippen LogP contribution in [-0.2, 0) is 9.59 Å². The Labute approximate surface area is 165 Å². The van der Waals surface area contributed by atoms with Crippen molar-refractivity contribution < 1.29 is 9.59 Å². The molecular formula is C22H28N4O2. The fraction of sp³-hybridized carbons (Fsp3) is 0.500. The van der Waals surface area contributed by atoms with Crippen LogP contribution in [0.4, 0.5) is 5.82 Å². The van der Waals surface area contributed by atoms with Crippen molar-refractivity contribution in [1.82, 2.24) is 15.1 Å². The summed E-state index contributed by atoms with van der Waals surface area (Å²) in [4.78, 5) is 24.0. The number of nitrogens with one attached hydrogen (secondary N) is 2. The standard InChI is InChI=1S/C22H28N4O2/c1-22(2)10-6-7-15(13-22)18-12-19(24-21(28)16-11-20(27)23-14-16)25-26(18)17-8-4-3-5-9-17/h3-5,8-9,12,15-16H,6-7,10-11,13-14H2,1-2H3,(H,23,27)(H,24,25,28)/t15?,16-/m1/s1. The number of carbonyl (C=O) groups excluding carboxylic acids is 2. The monoisotopic (exact) mass is 380 g/mol. The lowest BCUT2D eigenvalue weighted by Crippen LogP contribution is -2.24. The van der Waals surface area contributed by atoms with Crippen molar-refractivity contribution in [3.05, 3.63) is 42.1 Å². The van der Waals surface area contributed by atoms with Gasteiger partial charge in [0.15, 0.2) is 5.82 Å². The first kappa shape index (κ1) is 18.7. The minimum atomic E-state index is -0.327. The van der Waals surface area contributed by atoms with Crippen molar-refractivity contribution >= 4 is 17.6 Å². The first-order chi connectivity index (χ1) is 13.4. The molecule has 2 N–H and O–H groups in total. The van der Waals surface area contributed by atoms with Gasteiger partial charge in [-0.2, -0.15) is 0 Å². The zero-order valence-electron chi connectivity index (χ0n) is 16.6. The molecule has 1 aliphatic carbocycles. The van der Waals surface area contributed by atoms with Gasteiger partial charge >= 0.3 is 0 Å². The van der Waals surface area contributed by atoms with Crippen LogP contribution in [0.3, 0.4) is 0 Å². The molecule has 28 heavy (non-hydrogen) atoms. The van der Waals surface area contributed by atoms with E-state index in [1.54, 1.807) is 0 Å². The van der Waals surface area contributed by atoms with Crippen LogP contribution in [-0.4, -0.2) is 28.1 Å². The van der Waals surface area contributed by atoms with Crippen molar-refractivity contribution in [2.75, 3.05) is 11.9 Å². The van der Waals surface area contributed by atoms with E-state index in [1.807, 2.05) is 41.1 Å². The van der Waals surface area contributed by atoms with Crippen LogP contribution in [0.5, 0.6) is 0 Å². The Hall–Kier alpha value is -2.63. The van der Waals surface area contributed by atoms with E-state index in [2.05, 4.69) is 24.5 Å². The van der Waals surface area contributed by atoms with Crippen LogP contribution in [0.15, 0.2) is 36.4 Å². The molecule has 1 unspecified atom stereocenters. The Bertz CT molecular complexity index is 872. The second-order valence-corrected chi connectivity index (χ2v) is 8.85. The molecule has 1 aromatic heterocycles. The summed E-state index contributed by atoms with van der Waals surface area (Å²) < 4.78 is 1.97.